The number of hydrogen-bond acceptors (Lipinski definition) is 2. The Labute approximate surface area is 122 Å². The number of benzene rings is 1. The van der Waals surface area contributed by atoms with Crippen molar-refractivity contribution >= 4 is 22.5 Å². The minimum Gasteiger partial charge on any atom is -0.340 e. The number of nitrogens with zero attached hydrogens (tertiary/aromatic N) is 4. The van der Waals surface area contributed by atoms with Crippen LogP contribution in [-0.2, 0) is 19.5 Å². The van der Waals surface area contributed by atoms with Crippen LogP contribution < -0.4 is 0 Å². The molecule has 0 fully saturated rings. The monoisotopic (exact) mass is 286 g/mol. The summed E-state index contributed by atoms with van der Waals surface area (Å²) in [5, 5.41) is 10.6. The van der Waals surface area contributed by atoms with Gasteiger partial charge in [0.2, 0.25) is 0 Å². The molecule has 0 amide bonds. The van der Waals surface area contributed by atoms with Crippen molar-refractivity contribution in [2.45, 2.75) is 32.4 Å². The summed E-state index contributed by atoms with van der Waals surface area (Å²) in [4.78, 5) is 0. The van der Waals surface area contributed by atoms with Crippen molar-refractivity contribution in [2.75, 3.05) is 0 Å². The highest BCUT2D eigenvalue weighted by molar-refractivity contribution is 6.31. The molecule has 20 heavy (non-hydrogen) atoms. The molecule has 5 heteroatoms. The Kier molecular flexibility index (Phi) is 2.77. The van der Waals surface area contributed by atoms with Crippen LogP contribution in [-0.4, -0.2) is 19.3 Å². The molecule has 0 saturated heterocycles. The molecule has 0 N–H and O–H groups in total. The molecule has 4 rings (SSSR count). The van der Waals surface area contributed by atoms with E-state index in [0.29, 0.717) is 0 Å². The first-order chi connectivity index (χ1) is 9.81. The van der Waals surface area contributed by atoms with E-state index in [4.69, 9.17) is 11.6 Å². The second-order valence-electron chi connectivity index (χ2n) is 5.29. The molecule has 0 atom stereocenters. The lowest BCUT2D eigenvalue weighted by molar-refractivity contribution is 0.503. The Balaban J connectivity index is 1.74. The fourth-order valence-electron chi connectivity index (χ4n) is 2.93. The fraction of sp³-hybridized carbons (Fsp3) is 0.333. The van der Waals surface area contributed by atoms with Crippen molar-refractivity contribution in [2.24, 2.45) is 0 Å². The Morgan fingerprint density at radius 3 is 3.05 bits per heavy atom. The summed E-state index contributed by atoms with van der Waals surface area (Å²) in [6.07, 6.45) is 5.58. The van der Waals surface area contributed by atoms with Crippen LogP contribution in [0, 0.1) is 0 Å². The molecule has 102 valence electrons. The van der Waals surface area contributed by atoms with E-state index in [1.165, 1.54) is 18.2 Å². The van der Waals surface area contributed by atoms with E-state index in [2.05, 4.69) is 31.6 Å². The summed E-state index contributed by atoms with van der Waals surface area (Å²) in [5.41, 5.74) is 1.14. The zero-order valence-electron chi connectivity index (χ0n) is 11.1. The van der Waals surface area contributed by atoms with Gasteiger partial charge in [-0.2, -0.15) is 0 Å². The summed E-state index contributed by atoms with van der Waals surface area (Å²) in [6.45, 7) is 1.79. The molecule has 3 heterocycles. The lowest BCUT2D eigenvalue weighted by Gasteiger charge is -2.15. The Hall–Kier alpha value is -1.81. The molecular weight excluding hydrogens is 272 g/mol. The molecule has 0 radical (unpaired) electrons. The summed E-state index contributed by atoms with van der Waals surface area (Å²) < 4.78 is 4.45. The van der Waals surface area contributed by atoms with Gasteiger partial charge in [-0.15, -0.1) is 10.2 Å². The molecule has 1 aliphatic rings. The van der Waals surface area contributed by atoms with Gasteiger partial charge in [0.15, 0.2) is 5.82 Å². The van der Waals surface area contributed by atoms with Gasteiger partial charge >= 0.3 is 0 Å². The molecule has 1 aromatic carbocycles. The van der Waals surface area contributed by atoms with Gasteiger partial charge in [0.25, 0.3) is 0 Å². The maximum Gasteiger partial charge on any atom is 0.153 e. The fourth-order valence-corrected chi connectivity index (χ4v) is 3.10. The Morgan fingerprint density at radius 2 is 2.10 bits per heavy atom. The van der Waals surface area contributed by atoms with Gasteiger partial charge in [0, 0.05) is 29.7 Å². The molecule has 0 bridgehead atoms. The van der Waals surface area contributed by atoms with Crippen LogP contribution in [0.25, 0.3) is 10.9 Å². The van der Waals surface area contributed by atoms with E-state index in [1.807, 2.05) is 18.2 Å². The maximum absolute atomic E-state index is 6.10. The topological polar surface area (TPSA) is 35.6 Å². The van der Waals surface area contributed by atoms with Crippen LogP contribution in [0.15, 0.2) is 30.5 Å². The van der Waals surface area contributed by atoms with Gasteiger partial charge in [0.05, 0.1) is 6.54 Å². The first kappa shape index (κ1) is 12.0. The average molecular weight is 287 g/mol. The van der Waals surface area contributed by atoms with Crippen LogP contribution in [0.4, 0.5) is 0 Å². The van der Waals surface area contributed by atoms with Crippen molar-refractivity contribution in [1.82, 2.24) is 19.3 Å². The molecule has 4 nitrogen and oxygen atoms in total. The first-order valence-corrected chi connectivity index (χ1v) is 7.34. The second-order valence-corrected chi connectivity index (χ2v) is 5.72. The SMILES string of the molecule is Clc1ccc2ccn(Cc3nnc4n3CCCC4)c2c1. The van der Waals surface area contributed by atoms with Crippen molar-refractivity contribution in [3.63, 3.8) is 0 Å². The van der Waals surface area contributed by atoms with Crippen LogP contribution in [0.3, 0.4) is 0 Å². The lowest BCUT2D eigenvalue weighted by Crippen LogP contribution is -2.14. The van der Waals surface area contributed by atoms with Crippen LogP contribution in [0.2, 0.25) is 5.02 Å². The van der Waals surface area contributed by atoms with Crippen LogP contribution >= 0.6 is 11.6 Å². The summed E-state index contributed by atoms with van der Waals surface area (Å²) in [7, 11) is 0. The number of hydrogen-bond donors (Lipinski definition) is 0. The molecule has 3 aromatic rings. The smallest absolute Gasteiger partial charge is 0.153 e. The third kappa shape index (κ3) is 1.91. The largest absolute Gasteiger partial charge is 0.340 e. The lowest BCUT2D eigenvalue weighted by atomic mass is 10.2. The average Bonchev–Trinajstić information content (AvgIpc) is 3.05. The minimum atomic E-state index is 0.747. The maximum atomic E-state index is 6.10. The van der Waals surface area contributed by atoms with Crippen molar-refractivity contribution in [3.05, 3.63) is 47.1 Å². The molecular formula is C15H15ClN4. The normalized spacial score (nSPS) is 14.7. The van der Waals surface area contributed by atoms with E-state index in [9.17, 15) is 0 Å². The van der Waals surface area contributed by atoms with Crippen molar-refractivity contribution in [3.8, 4) is 0 Å². The summed E-state index contributed by atoms with van der Waals surface area (Å²) in [5.74, 6) is 2.16. The van der Waals surface area contributed by atoms with E-state index in [-0.39, 0.29) is 0 Å². The first-order valence-electron chi connectivity index (χ1n) is 6.96. The molecule has 0 saturated carbocycles. The second kappa shape index (κ2) is 4.63. The highest BCUT2D eigenvalue weighted by atomic mass is 35.5. The number of halogens is 1. The van der Waals surface area contributed by atoms with Crippen molar-refractivity contribution in [1.29, 1.82) is 0 Å². The minimum absolute atomic E-state index is 0.747. The van der Waals surface area contributed by atoms with E-state index in [1.54, 1.807) is 0 Å². The number of aryl methyl sites for hydroxylation is 1. The summed E-state index contributed by atoms with van der Waals surface area (Å²) >= 11 is 6.10. The third-order valence-corrected chi connectivity index (χ3v) is 4.22. The van der Waals surface area contributed by atoms with Crippen LogP contribution in [0.1, 0.15) is 24.5 Å². The Bertz CT molecular complexity index is 771. The highest BCUT2D eigenvalue weighted by Gasteiger charge is 2.16. The summed E-state index contributed by atoms with van der Waals surface area (Å²) in [6, 6.07) is 8.09. The predicted molar refractivity (Wildman–Crippen MR) is 79.0 cm³/mol. The molecule has 0 spiro atoms. The highest BCUT2D eigenvalue weighted by Crippen LogP contribution is 2.22. The number of fused-ring (bicyclic) bond motifs is 2. The number of aromatic nitrogens is 4. The van der Waals surface area contributed by atoms with E-state index < -0.39 is 0 Å². The van der Waals surface area contributed by atoms with Gasteiger partial charge < -0.3 is 9.13 Å². The molecule has 0 unspecified atom stereocenters. The molecule has 2 aromatic heterocycles. The third-order valence-electron chi connectivity index (χ3n) is 3.98. The van der Waals surface area contributed by atoms with Gasteiger partial charge in [-0.1, -0.05) is 17.7 Å². The van der Waals surface area contributed by atoms with Gasteiger partial charge in [0.1, 0.15) is 5.82 Å². The Morgan fingerprint density at radius 1 is 1.15 bits per heavy atom. The van der Waals surface area contributed by atoms with Gasteiger partial charge in [-0.05, 0) is 36.4 Å². The molecule has 0 aliphatic carbocycles. The van der Waals surface area contributed by atoms with Crippen molar-refractivity contribution < 1.29 is 0 Å². The zero-order chi connectivity index (χ0) is 13.5. The van der Waals surface area contributed by atoms with E-state index in [0.717, 1.165) is 41.7 Å². The quantitative estimate of drug-likeness (QED) is 0.725. The van der Waals surface area contributed by atoms with E-state index >= 15 is 0 Å². The van der Waals surface area contributed by atoms with Gasteiger partial charge in [-0.3, -0.25) is 0 Å². The standard InChI is InChI=1S/C15H15ClN4/c16-12-5-4-11-6-8-19(13(11)9-12)10-15-18-17-14-3-1-2-7-20(14)15/h4-6,8-9H,1-3,7,10H2. The van der Waals surface area contributed by atoms with Crippen LogP contribution in [0.5, 0.6) is 0 Å². The molecule has 1 aliphatic heterocycles. The number of rotatable bonds is 2. The predicted octanol–water partition coefficient (Wildman–Crippen LogP) is 3.27. The zero-order valence-corrected chi connectivity index (χ0v) is 11.8. The van der Waals surface area contributed by atoms with Gasteiger partial charge in [-0.25, -0.2) is 0 Å².